The van der Waals surface area contributed by atoms with Gasteiger partial charge in [-0.1, -0.05) is 12.1 Å². The number of Topliss-reactive ketones (excluding diaryl/α,β-unsaturated/α-hetero) is 1. The molecule has 2 aromatic rings. The number of carboxylic acid groups (broad SMARTS) is 1. The van der Waals surface area contributed by atoms with Gasteiger partial charge in [-0.05, 0) is 19.1 Å². The first-order valence-corrected chi connectivity index (χ1v) is 10.2. The van der Waals surface area contributed by atoms with Crippen molar-refractivity contribution in [2.75, 3.05) is 0 Å². The van der Waals surface area contributed by atoms with E-state index in [1.807, 2.05) is 0 Å². The van der Waals surface area contributed by atoms with E-state index in [4.69, 9.17) is 5.11 Å². The number of hydrogen-bond acceptors (Lipinski definition) is 8. The van der Waals surface area contributed by atoms with Crippen LogP contribution in [0.3, 0.4) is 0 Å². The third-order valence-corrected chi connectivity index (χ3v) is 5.49. The summed E-state index contributed by atoms with van der Waals surface area (Å²) in [6, 6.07) is 4.66. The average Bonchev–Trinajstić information content (AvgIpc) is 2.72. The molecule has 0 aliphatic carbocycles. The van der Waals surface area contributed by atoms with Crippen molar-refractivity contribution in [3.8, 4) is 5.75 Å². The SMILES string of the molecule is CC(=O)[C@H](CC(=O)O)NC(=O)c1ccc(CNS(=O)(=O)c2ccc(O)c([C-]=O)c2)nc1.[Y]. The second kappa shape index (κ2) is 11.9. The molecule has 1 radical (unpaired) electrons. The number of pyridine rings is 1. The quantitative estimate of drug-likeness (QED) is 0.301. The van der Waals surface area contributed by atoms with Crippen molar-refractivity contribution in [2.45, 2.75) is 30.8 Å². The Balaban J connectivity index is 0.00000512. The molecule has 1 heterocycles. The second-order valence-corrected chi connectivity index (χ2v) is 8.15. The first-order valence-electron chi connectivity index (χ1n) is 8.72. The molecule has 4 N–H and O–H groups in total. The minimum Gasteiger partial charge on any atom is -0.565 e. The van der Waals surface area contributed by atoms with Crippen LogP contribution in [-0.2, 0) is 63.7 Å². The van der Waals surface area contributed by atoms with Gasteiger partial charge in [-0.25, -0.2) is 13.1 Å². The molecule has 11 nitrogen and oxygen atoms in total. The van der Waals surface area contributed by atoms with Crippen molar-refractivity contribution in [1.29, 1.82) is 0 Å². The number of sulfonamides is 1. The molecule has 13 heteroatoms. The van der Waals surface area contributed by atoms with Crippen LogP contribution >= 0.6 is 0 Å². The Labute approximate surface area is 208 Å². The van der Waals surface area contributed by atoms with E-state index in [2.05, 4.69) is 15.0 Å². The number of aliphatic carboxylic acids is 1. The number of carbonyl (C=O) groups excluding carboxylic acids is 3. The van der Waals surface area contributed by atoms with Gasteiger partial charge in [0.15, 0.2) is 5.78 Å². The number of aromatic hydroxyl groups is 1. The molecule has 32 heavy (non-hydrogen) atoms. The molecule has 2 rings (SSSR count). The molecule has 1 amide bonds. The predicted octanol–water partition coefficient (Wildman–Crippen LogP) is -0.117. The summed E-state index contributed by atoms with van der Waals surface area (Å²) in [4.78, 5) is 48.9. The number of phenols is 1. The first-order chi connectivity index (χ1) is 14.5. The molecular formula is C19H18N3O8SY-. The maximum Gasteiger partial charge on any atom is 0.305 e. The van der Waals surface area contributed by atoms with Crippen LogP contribution < -0.4 is 10.0 Å². The monoisotopic (exact) mass is 537 g/mol. The molecule has 1 atom stereocenters. The molecule has 0 aliphatic rings. The largest absolute Gasteiger partial charge is 0.565 e. The zero-order valence-electron chi connectivity index (χ0n) is 16.7. The van der Waals surface area contributed by atoms with Crippen LogP contribution in [0.5, 0.6) is 5.75 Å². The van der Waals surface area contributed by atoms with Crippen LogP contribution in [0.25, 0.3) is 0 Å². The maximum atomic E-state index is 12.3. The summed E-state index contributed by atoms with van der Waals surface area (Å²) in [6.45, 7) is 0.922. The number of benzene rings is 1. The van der Waals surface area contributed by atoms with E-state index in [-0.39, 0.29) is 61.0 Å². The number of ketones is 1. The summed E-state index contributed by atoms with van der Waals surface area (Å²) >= 11 is 0. The number of nitrogens with one attached hydrogen (secondary N) is 2. The number of carbonyl (C=O) groups is 3. The van der Waals surface area contributed by atoms with Gasteiger partial charge < -0.3 is 20.3 Å². The van der Waals surface area contributed by atoms with Gasteiger partial charge in [-0.2, -0.15) is 0 Å². The second-order valence-electron chi connectivity index (χ2n) is 6.38. The molecule has 0 unspecified atom stereocenters. The van der Waals surface area contributed by atoms with Crippen LogP contribution in [0.15, 0.2) is 41.4 Å². The van der Waals surface area contributed by atoms with E-state index >= 15 is 0 Å². The summed E-state index contributed by atoms with van der Waals surface area (Å²) in [6.07, 6.45) is 2.02. The Morgan fingerprint density at radius 2 is 1.88 bits per heavy atom. The topological polar surface area (TPSA) is 180 Å². The summed E-state index contributed by atoms with van der Waals surface area (Å²) in [5.74, 6) is -2.87. The van der Waals surface area contributed by atoms with Gasteiger partial charge in [0.25, 0.3) is 5.91 Å². The predicted molar refractivity (Wildman–Crippen MR) is 105 cm³/mol. The first kappa shape index (κ1) is 27.5. The van der Waals surface area contributed by atoms with Gasteiger partial charge in [0.05, 0.1) is 36.6 Å². The zero-order chi connectivity index (χ0) is 23.2. The van der Waals surface area contributed by atoms with Crippen molar-refractivity contribution in [1.82, 2.24) is 15.0 Å². The summed E-state index contributed by atoms with van der Waals surface area (Å²) in [5, 5.41) is 20.5. The molecular weight excluding hydrogens is 519 g/mol. The number of amides is 1. The van der Waals surface area contributed by atoms with Crippen molar-refractivity contribution < 1.29 is 70.5 Å². The van der Waals surface area contributed by atoms with Crippen LogP contribution in [0.1, 0.15) is 35.0 Å². The Bertz CT molecular complexity index is 1120. The third-order valence-electron chi connectivity index (χ3n) is 4.09. The number of hydrogen-bond donors (Lipinski definition) is 4. The summed E-state index contributed by atoms with van der Waals surface area (Å²) in [7, 11) is -4.02. The van der Waals surface area contributed by atoms with Crippen LogP contribution in [0.4, 0.5) is 0 Å². The smallest absolute Gasteiger partial charge is 0.305 e. The number of nitrogens with zero attached hydrogens (tertiary/aromatic N) is 1. The van der Waals surface area contributed by atoms with E-state index in [1.165, 1.54) is 18.4 Å². The Kier molecular flexibility index (Phi) is 10.2. The normalized spacial score (nSPS) is 11.7. The van der Waals surface area contributed by atoms with E-state index in [1.54, 1.807) is 0 Å². The number of rotatable bonds is 10. The molecule has 1 aromatic carbocycles. The minimum absolute atomic E-state index is 0. The van der Waals surface area contributed by atoms with E-state index in [0.717, 1.165) is 31.3 Å². The molecule has 0 fully saturated rings. The Morgan fingerprint density at radius 3 is 2.41 bits per heavy atom. The van der Waals surface area contributed by atoms with Gasteiger partial charge in [-0.3, -0.25) is 19.4 Å². The zero-order valence-corrected chi connectivity index (χ0v) is 20.4. The van der Waals surface area contributed by atoms with Crippen LogP contribution in [0, 0.1) is 0 Å². The number of aromatic nitrogens is 1. The van der Waals surface area contributed by atoms with Crippen LogP contribution in [0.2, 0.25) is 0 Å². The third kappa shape index (κ3) is 7.55. The molecule has 1 aromatic heterocycles. The maximum absolute atomic E-state index is 12.3. The van der Waals surface area contributed by atoms with Crippen LogP contribution in [-0.4, -0.2) is 53.6 Å². The number of phenolic OH excluding ortho intramolecular Hbond substituents is 1. The van der Waals surface area contributed by atoms with E-state index in [9.17, 15) is 32.7 Å². The number of carboxylic acids is 1. The summed E-state index contributed by atoms with van der Waals surface area (Å²) in [5.41, 5.74) is 0.00537. The molecule has 0 saturated heterocycles. The molecule has 0 aliphatic heterocycles. The molecule has 0 saturated carbocycles. The van der Waals surface area contributed by atoms with Gasteiger partial charge >= 0.3 is 5.97 Å². The Hall–Kier alpha value is -2.54. The average molecular weight is 537 g/mol. The fourth-order valence-electron chi connectivity index (χ4n) is 2.39. The Morgan fingerprint density at radius 1 is 1.19 bits per heavy atom. The fraction of sp³-hybridized carbons (Fsp3) is 0.211. The van der Waals surface area contributed by atoms with E-state index in [0.29, 0.717) is 0 Å². The van der Waals surface area contributed by atoms with Gasteiger partial charge in [0.1, 0.15) is 0 Å². The van der Waals surface area contributed by atoms with Crippen molar-refractivity contribution in [3.05, 3.63) is 53.3 Å². The summed E-state index contributed by atoms with van der Waals surface area (Å²) < 4.78 is 26.9. The van der Waals surface area contributed by atoms with Crippen molar-refractivity contribution in [3.63, 3.8) is 0 Å². The van der Waals surface area contributed by atoms with Crippen molar-refractivity contribution >= 4 is 34.0 Å². The van der Waals surface area contributed by atoms with Crippen molar-refractivity contribution in [2.24, 2.45) is 0 Å². The standard InChI is InChI=1S/C19H18N3O8S.Y/c1-11(24)16(7-18(26)27)22-19(28)12-2-3-14(20-8-12)9-21-31(29,30)15-4-5-17(25)13(6-15)10-23;/h2-6,8,16,21,25H,7,9H2,1H3,(H,22,28)(H,26,27);/q-1;/t16-;/m0./s1. The van der Waals surface area contributed by atoms with Gasteiger partial charge in [-0.15, -0.1) is 11.6 Å². The molecule has 0 bridgehead atoms. The molecule has 167 valence electrons. The molecule has 0 spiro atoms. The van der Waals surface area contributed by atoms with E-state index < -0.39 is 45.9 Å². The van der Waals surface area contributed by atoms with Gasteiger partial charge in [0, 0.05) is 49.6 Å². The minimum atomic E-state index is -4.02. The fourth-order valence-corrected chi connectivity index (χ4v) is 3.42. The van der Waals surface area contributed by atoms with Gasteiger partial charge in [0.2, 0.25) is 10.0 Å².